The van der Waals surface area contributed by atoms with Gasteiger partial charge in [0, 0.05) is 17.7 Å². The van der Waals surface area contributed by atoms with Crippen LogP contribution in [0.3, 0.4) is 0 Å². The molecule has 2 aromatic rings. The van der Waals surface area contributed by atoms with E-state index in [0.29, 0.717) is 11.6 Å². The number of benzene rings is 1. The van der Waals surface area contributed by atoms with Gasteiger partial charge in [0.05, 0.1) is 18.8 Å². The van der Waals surface area contributed by atoms with E-state index in [-0.39, 0.29) is 5.56 Å². The van der Waals surface area contributed by atoms with Crippen LogP contribution in [0.15, 0.2) is 30.3 Å². The van der Waals surface area contributed by atoms with Crippen molar-refractivity contribution in [2.24, 2.45) is 5.84 Å². The standard InChI is InChI=1S/C12H12F2N4O/c1-19-11-5-4-10(17-18-11)12(16-15)8-3-2-7(13)6-9(8)14/h2-6,12,16H,15H2,1H3. The van der Waals surface area contributed by atoms with E-state index < -0.39 is 17.7 Å². The van der Waals surface area contributed by atoms with Gasteiger partial charge in [-0.3, -0.25) is 5.84 Å². The number of halogens is 2. The highest BCUT2D eigenvalue weighted by molar-refractivity contribution is 5.29. The van der Waals surface area contributed by atoms with Gasteiger partial charge in [0.15, 0.2) is 0 Å². The molecule has 0 fully saturated rings. The van der Waals surface area contributed by atoms with E-state index in [9.17, 15) is 8.78 Å². The Morgan fingerprint density at radius 3 is 2.53 bits per heavy atom. The molecular formula is C12H12F2N4O. The van der Waals surface area contributed by atoms with Gasteiger partial charge in [0.25, 0.3) is 0 Å². The number of ether oxygens (including phenoxy) is 1. The zero-order valence-corrected chi connectivity index (χ0v) is 10.1. The van der Waals surface area contributed by atoms with Crippen LogP contribution in [-0.2, 0) is 0 Å². The fourth-order valence-electron chi connectivity index (χ4n) is 1.66. The Morgan fingerprint density at radius 2 is 2.00 bits per heavy atom. The average Bonchev–Trinajstić information content (AvgIpc) is 2.42. The number of aromatic nitrogens is 2. The normalized spacial score (nSPS) is 12.2. The van der Waals surface area contributed by atoms with E-state index >= 15 is 0 Å². The lowest BCUT2D eigenvalue weighted by molar-refractivity contribution is 0.390. The predicted molar refractivity (Wildman–Crippen MR) is 64.1 cm³/mol. The van der Waals surface area contributed by atoms with Crippen LogP contribution in [0.1, 0.15) is 17.3 Å². The van der Waals surface area contributed by atoms with Crippen molar-refractivity contribution in [1.82, 2.24) is 15.6 Å². The molecule has 0 bridgehead atoms. The van der Waals surface area contributed by atoms with Crippen LogP contribution in [0.5, 0.6) is 5.88 Å². The maximum atomic E-state index is 13.7. The quantitative estimate of drug-likeness (QED) is 0.645. The highest BCUT2D eigenvalue weighted by atomic mass is 19.1. The van der Waals surface area contributed by atoms with Crippen molar-refractivity contribution < 1.29 is 13.5 Å². The first-order valence-electron chi connectivity index (χ1n) is 5.44. The summed E-state index contributed by atoms with van der Waals surface area (Å²) in [5.74, 6) is 4.37. The summed E-state index contributed by atoms with van der Waals surface area (Å²) in [7, 11) is 1.46. The van der Waals surface area contributed by atoms with Crippen molar-refractivity contribution >= 4 is 0 Å². The summed E-state index contributed by atoms with van der Waals surface area (Å²) >= 11 is 0. The summed E-state index contributed by atoms with van der Waals surface area (Å²) in [6.07, 6.45) is 0. The number of nitrogens with zero attached hydrogens (tertiary/aromatic N) is 2. The molecule has 3 N–H and O–H groups in total. The Labute approximate surface area is 108 Å². The number of methoxy groups -OCH3 is 1. The van der Waals surface area contributed by atoms with E-state index in [1.165, 1.54) is 13.2 Å². The second-order valence-electron chi connectivity index (χ2n) is 3.77. The van der Waals surface area contributed by atoms with E-state index in [0.717, 1.165) is 12.1 Å². The molecule has 0 aliphatic heterocycles. The molecule has 19 heavy (non-hydrogen) atoms. The summed E-state index contributed by atoms with van der Waals surface area (Å²) in [6, 6.07) is 5.70. The third-order valence-corrected chi connectivity index (χ3v) is 2.61. The number of rotatable bonds is 4. The van der Waals surface area contributed by atoms with Crippen LogP contribution in [0, 0.1) is 11.6 Å². The third kappa shape index (κ3) is 2.83. The van der Waals surface area contributed by atoms with Gasteiger partial charge in [-0.15, -0.1) is 10.2 Å². The summed E-state index contributed by atoms with van der Waals surface area (Å²) in [5.41, 5.74) is 3.01. The molecular weight excluding hydrogens is 254 g/mol. The number of nitrogens with two attached hydrogens (primary N) is 1. The molecule has 0 amide bonds. The topological polar surface area (TPSA) is 73.1 Å². The Balaban J connectivity index is 2.37. The molecule has 1 unspecified atom stereocenters. The molecule has 0 aliphatic carbocycles. The lowest BCUT2D eigenvalue weighted by atomic mass is 10.0. The summed E-state index contributed by atoms with van der Waals surface area (Å²) in [4.78, 5) is 0. The highest BCUT2D eigenvalue weighted by Gasteiger charge is 2.19. The van der Waals surface area contributed by atoms with E-state index in [2.05, 4.69) is 15.6 Å². The van der Waals surface area contributed by atoms with Crippen LogP contribution in [0.2, 0.25) is 0 Å². The summed E-state index contributed by atoms with van der Waals surface area (Å²) in [5, 5.41) is 7.66. The van der Waals surface area contributed by atoms with Gasteiger partial charge in [0.1, 0.15) is 11.6 Å². The molecule has 0 spiro atoms. The molecule has 0 radical (unpaired) electrons. The van der Waals surface area contributed by atoms with Crippen LogP contribution in [0.4, 0.5) is 8.78 Å². The van der Waals surface area contributed by atoms with Crippen molar-refractivity contribution in [2.75, 3.05) is 7.11 Å². The van der Waals surface area contributed by atoms with Gasteiger partial charge < -0.3 is 4.74 Å². The zero-order chi connectivity index (χ0) is 13.8. The fraction of sp³-hybridized carbons (Fsp3) is 0.167. The van der Waals surface area contributed by atoms with Gasteiger partial charge in [-0.25, -0.2) is 14.2 Å². The Morgan fingerprint density at radius 1 is 1.21 bits per heavy atom. The predicted octanol–water partition coefficient (Wildman–Crippen LogP) is 1.32. The Kier molecular flexibility index (Phi) is 3.98. The van der Waals surface area contributed by atoms with Crippen molar-refractivity contribution in [3.05, 3.63) is 53.2 Å². The molecule has 0 saturated heterocycles. The van der Waals surface area contributed by atoms with Crippen molar-refractivity contribution in [3.8, 4) is 5.88 Å². The van der Waals surface area contributed by atoms with E-state index in [1.807, 2.05) is 0 Å². The largest absolute Gasteiger partial charge is 0.480 e. The molecule has 1 aromatic carbocycles. The van der Waals surface area contributed by atoms with Crippen molar-refractivity contribution in [1.29, 1.82) is 0 Å². The molecule has 5 nitrogen and oxygen atoms in total. The number of hydrogen-bond acceptors (Lipinski definition) is 5. The molecule has 2 rings (SSSR count). The second kappa shape index (κ2) is 5.68. The van der Waals surface area contributed by atoms with E-state index in [4.69, 9.17) is 10.6 Å². The van der Waals surface area contributed by atoms with Crippen LogP contribution < -0.4 is 16.0 Å². The van der Waals surface area contributed by atoms with Gasteiger partial charge in [-0.1, -0.05) is 6.07 Å². The number of hydrogen-bond donors (Lipinski definition) is 2. The van der Waals surface area contributed by atoms with Crippen molar-refractivity contribution in [2.45, 2.75) is 6.04 Å². The third-order valence-electron chi connectivity index (χ3n) is 2.61. The summed E-state index contributed by atoms with van der Waals surface area (Å²) in [6.45, 7) is 0. The Bertz CT molecular complexity index is 562. The van der Waals surface area contributed by atoms with Gasteiger partial charge >= 0.3 is 0 Å². The van der Waals surface area contributed by atoms with Crippen molar-refractivity contribution in [3.63, 3.8) is 0 Å². The minimum Gasteiger partial charge on any atom is -0.480 e. The van der Waals surface area contributed by atoms with Gasteiger partial charge in [-0.2, -0.15) is 0 Å². The molecule has 1 atom stereocenters. The smallest absolute Gasteiger partial charge is 0.233 e. The highest BCUT2D eigenvalue weighted by Crippen LogP contribution is 2.23. The monoisotopic (exact) mass is 266 g/mol. The Hall–Kier alpha value is -2.12. The first-order valence-corrected chi connectivity index (χ1v) is 5.44. The SMILES string of the molecule is COc1ccc(C(NN)c2ccc(F)cc2F)nn1. The zero-order valence-electron chi connectivity index (χ0n) is 10.1. The first-order chi connectivity index (χ1) is 9.15. The minimum absolute atomic E-state index is 0.184. The molecule has 1 aromatic heterocycles. The van der Waals surface area contributed by atoms with Gasteiger partial charge in [-0.05, 0) is 12.1 Å². The number of hydrazine groups is 1. The average molecular weight is 266 g/mol. The lowest BCUT2D eigenvalue weighted by Crippen LogP contribution is -2.30. The molecule has 0 aliphatic rings. The van der Waals surface area contributed by atoms with E-state index in [1.54, 1.807) is 12.1 Å². The lowest BCUT2D eigenvalue weighted by Gasteiger charge is -2.16. The molecule has 7 heteroatoms. The molecule has 0 saturated carbocycles. The second-order valence-corrected chi connectivity index (χ2v) is 3.77. The van der Waals surface area contributed by atoms with Gasteiger partial charge in [0.2, 0.25) is 5.88 Å². The van der Waals surface area contributed by atoms with Crippen LogP contribution in [0.25, 0.3) is 0 Å². The van der Waals surface area contributed by atoms with Crippen LogP contribution >= 0.6 is 0 Å². The maximum Gasteiger partial charge on any atom is 0.233 e. The molecule has 100 valence electrons. The summed E-state index contributed by atoms with van der Waals surface area (Å²) < 4.78 is 31.5. The molecule has 1 heterocycles. The maximum absolute atomic E-state index is 13.7. The number of nitrogens with one attached hydrogen (secondary N) is 1. The first kappa shape index (κ1) is 13.3. The minimum atomic E-state index is -0.723. The van der Waals surface area contributed by atoms with Crippen LogP contribution in [-0.4, -0.2) is 17.3 Å². The fourth-order valence-corrected chi connectivity index (χ4v) is 1.66.